The number of amides is 1. The number of hydrogen-bond donors (Lipinski definition) is 3. The molecule has 0 saturated heterocycles. The number of sulfonamides is 1. The maximum absolute atomic E-state index is 12.7. The fraction of sp³-hybridized carbons (Fsp3) is 0.611. The Kier molecular flexibility index (Phi) is 5.34. The number of hydrogen-bond acceptors (Lipinski definition) is 5. The van der Waals surface area contributed by atoms with Gasteiger partial charge in [0.05, 0.1) is 11.2 Å². The van der Waals surface area contributed by atoms with E-state index in [1.165, 1.54) is 18.9 Å². The second kappa shape index (κ2) is 7.33. The Morgan fingerprint density at radius 2 is 1.72 bits per heavy atom. The molecule has 2 aliphatic rings. The van der Waals surface area contributed by atoms with E-state index in [4.69, 9.17) is 5.73 Å². The van der Waals surface area contributed by atoms with Crippen LogP contribution in [0, 0.1) is 5.92 Å². The number of benzene rings is 1. The van der Waals surface area contributed by atoms with Gasteiger partial charge in [0, 0.05) is 6.54 Å². The molecule has 0 bridgehead atoms. The van der Waals surface area contributed by atoms with Gasteiger partial charge in [-0.15, -0.1) is 0 Å². The van der Waals surface area contributed by atoms with Gasteiger partial charge in [-0.05, 0) is 37.3 Å². The summed E-state index contributed by atoms with van der Waals surface area (Å²) in [7, 11) is -3.94. The maximum atomic E-state index is 12.7. The zero-order chi connectivity index (χ0) is 17.9. The van der Waals surface area contributed by atoms with E-state index in [1.54, 1.807) is 18.2 Å². The quantitative estimate of drug-likeness (QED) is 0.655. The van der Waals surface area contributed by atoms with Crippen LogP contribution in [0.25, 0.3) is 0 Å². The lowest BCUT2D eigenvalue weighted by Crippen LogP contribution is -2.46. The molecule has 0 radical (unpaired) electrons. The van der Waals surface area contributed by atoms with Crippen molar-refractivity contribution < 1.29 is 13.2 Å². The summed E-state index contributed by atoms with van der Waals surface area (Å²) in [6, 6.07) is 6.67. The summed E-state index contributed by atoms with van der Waals surface area (Å²) in [5.74, 6) is -0.497. The topological polar surface area (TPSA) is 101 Å². The molecule has 3 rings (SSSR count). The van der Waals surface area contributed by atoms with Gasteiger partial charge in [0.25, 0.3) is 15.9 Å². The zero-order valence-corrected chi connectivity index (χ0v) is 15.3. The summed E-state index contributed by atoms with van der Waals surface area (Å²) in [6.07, 6.45) is 8.14. The number of carbonyl (C=O) groups is 1. The number of nitrogens with two attached hydrogens (primary N) is 1. The van der Waals surface area contributed by atoms with E-state index < -0.39 is 21.5 Å². The average molecular weight is 365 g/mol. The van der Waals surface area contributed by atoms with Gasteiger partial charge in [0.2, 0.25) is 0 Å². The van der Waals surface area contributed by atoms with Crippen molar-refractivity contribution in [3.8, 4) is 0 Å². The van der Waals surface area contributed by atoms with E-state index in [0.29, 0.717) is 18.7 Å². The third kappa shape index (κ3) is 4.15. The van der Waals surface area contributed by atoms with Gasteiger partial charge in [-0.3, -0.25) is 4.79 Å². The molecule has 0 spiro atoms. The predicted octanol–water partition coefficient (Wildman–Crippen LogP) is 2.37. The van der Waals surface area contributed by atoms with Crippen molar-refractivity contribution in [1.29, 1.82) is 0 Å². The number of para-hydroxylation sites is 1. The second-order valence-electron chi connectivity index (χ2n) is 7.21. The number of rotatable bonds is 0. The molecule has 1 aliphatic carbocycles. The smallest absolute Gasteiger partial charge is 0.266 e. The van der Waals surface area contributed by atoms with Crippen molar-refractivity contribution in [2.24, 2.45) is 11.7 Å². The lowest BCUT2D eigenvalue weighted by atomic mass is 10.1. The standard InChI is InChI=1S/C18H27N3O3S/c19-18-13-14(18)9-5-3-1-2-4-8-12-20-15-10-6-7-11-16(15)25(23,24)21-17(18)22/h6-7,10-11,14,20H,1-5,8-9,12-13,19H2,(H,21,22)/t14-,18+/m0/s1. The maximum Gasteiger partial charge on any atom is 0.266 e. The van der Waals surface area contributed by atoms with Crippen LogP contribution in [-0.4, -0.2) is 26.4 Å². The van der Waals surface area contributed by atoms with Gasteiger partial charge in [0.1, 0.15) is 4.90 Å². The molecule has 0 aromatic heterocycles. The molecule has 138 valence electrons. The number of nitrogens with one attached hydrogen (secondary N) is 2. The van der Waals surface area contributed by atoms with Crippen molar-refractivity contribution >= 4 is 21.6 Å². The molecule has 2 atom stereocenters. The van der Waals surface area contributed by atoms with Gasteiger partial charge >= 0.3 is 0 Å². The van der Waals surface area contributed by atoms with Crippen LogP contribution in [0.5, 0.6) is 0 Å². The molecule has 6 nitrogen and oxygen atoms in total. The number of anilines is 1. The van der Waals surface area contributed by atoms with E-state index >= 15 is 0 Å². The minimum Gasteiger partial charge on any atom is -0.384 e. The Hall–Kier alpha value is -1.60. The molecular formula is C18H27N3O3S. The third-order valence-electron chi connectivity index (χ3n) is 5.27. The monoisotopic (exact) mass is 365 g/mol. The van der Waals surface area contributed by atoms with Gasteiger partial charge in [-0.2, -0.15) is 0 Å². The van der Waals surface area contributed by atoms with E-state index in [1.807, 2.05) is 0 Å². The van der Waals surface area contributed by atoms with Gasteiger partial charge < -0.3 is 11.1 Å². The first-order valence-electron chi connectivity index (χ1n) is 9.12. The lowest BCUT2D eigenvalue weighted by molar-refractivity contribution is -0.121. The molecule has 1 amide bonds. The van der Waals surface area contributed by atoms with E-state index in [9.17, 15) is 13.2 Å². The SMILES string of the molecule is N[C@]12C[C@@H]1CCCCCCCCNc1ccccc1S(=O)(=O)NC2=O. The minimum absolute atomic E-state index is 0.0870. The minimum atomic E-state index is -3.94. The van der Waals surface area contributed by atoms with Crippen molar-refractivity contribution in [2.45, 2.75) is 61.8 Å². The summed E-state index contributed by atoms with van der Waals surface area (Å²) in [5, 5.41) is 3.18. The summed E-state index contributed by atoms with van der Waals surface area (Å²) >= 11 is 0. The van der Waals surface area contributed by atoms with E-state index in [-0.39, 0.29) is 10.8 Å². The number of fused-ring (bicyclic) bond motifs is 2. The fourth-order valence-corrected chi connectivity index (χ4v) is 4.78. The highest BCUT2D eigenvalue weighted by Gasteiger charge is 2.57. The molecule has 0 unspecified atom stereocenters. The lowest BCUT2D eigenvalue weighted by Gasteiger charge is -2.16. The number of carbonyl (C=O) groups excluding carboxylic acids is 1. The first kappa shape index (κ1) is 18.2. The largest absolute Gasteiger partial charge is 0.384 e. The first-order chi connectivity index (χ1) is 11.9. The first-order valence-corrected chi connectivity index (χ1v) is 10.6. The summed E-state index contributed by atoms with van der Waals surface area (Å²) in [5.41, 5.74) is 5.64. The van der Waals surface area contributed by atoms with Crippen LogP contribution in [0.4, 0.5) is 5.69 Å². The molecule has 1 aromatic carbocycles. The van der Waals surface area contributed by atoms with Crippen LogP contribution in [0.2, 0.25) is 0 Å². The van der Waals surface area contributed by atoms with E-state index in [2.05, 4.69) is 10.0 Å². The highest BCUT2D eigenvalue weighted by atomic mass is 32.2. The Bertz CT molecular complexity index is 735. The van der Waals surface area contributed by atoms with Crippen molar-refractivity contribution in [3.63, 3.8) is 0 Å². The van der Waals surface area contributed by atoms with Gasteiger partial charge in [-0.25, -0.2) is 13.1 Å². The van der Waals surface area contributed by atoms with Crippen molar-refractivity contribution in [1.82, 2.24) is 4.72 Å². The third-order valence-corrected chi connectivity index (χ3v) is 6.66. The molecule has 1 aromatic rings. The van der Waals surface area contributed by atoms with Crippen molar-refractivity contribution in [3.05, 3.63) is 24.3 Å². The van der Waals surface area contributed by atoms with Crippen LogP contribution in [0.3, 0.4) is 0 Å². The molecule has 7 heteroatoms. The Morgan fingerprint density at radius 1 is 1.04 bits per heavy atom. The zero-order valence-electron chi connectivity index (χ0n) is 14.5. The summed E-state index contributed by atoms with van der Waals surface area (Å²) in [6.45, 7) is 0.712. The summed E-state index contributed by atoms with van der Waals surface area (Å²) < 4.78 is 27.5. The molecule has 1 heterocycles. The molecule has 25 heavy (non-hydrogen) atoms. The highest BCUT2D eigenvalue weighted by Crippen LogP contribution is 2.45. The molecule has 1 fully saturated rings. The van der Waals surface area contributed by atoms with Crippen LogP contribution < -0.4 is 15.8 Å². The molecular weight excluding hydrogens is 338 g/mol. The van der Waals surface area contributed by atoms with Crippen LogP contribution >= 0.6 is 0 Å². The van der Waals surface area contributed by atoms with Crippen molar-refractivity contribution in [2.75, 3.05) is 11.9 Å². The van der Waals surface area contributed by atoms with Crippen LogP contribution in [0.15, 0.2) is 29.2 Å². The Balaban J connectivity index is 1.82. The normalized spacial score (nSPS) is 30.3. The summed E-state index contributed by atoms with van der Waals surface area (Å²) in [4.78, 5) is 12.6. The second-order valence-corrected chi connectivity index (χ2v) is 8.86. The molecule has 4 N–H and O–H groups in total. The predicted molar refractivity (Wildman–Crippen MR) is 97.6 cm³/mol. The Morgan fingerprint density at radius 3 is 2.52 bits per heavy atom. The van der Waals surface area contributed by atoms with Crippen LogP contribution in [0.1, 0.15) is 51.4 Å². The molecule has 1 aliphatic heterocycles. The van der Waals surface area contributed by atoms with Gasteiger partial charge in [0.15, 0.2) is 0 Å². The van der Waals surface area contributed by atoms with Crippen LogP contribution in [-0.2, 0) is 14.8 Å². The van der Waals surface area contributed by atoms with E-state index in [0.717, 1.165) is 32.1 Å². The fourth-order valence-electron chi connectivity index (χ4n) is 3.55. The Labute approximate surface area is 149 Å². The van der Waals surface area contributed by atoms with Gasteiger partial charge in [-0.1, -0.05) is 44.2 Å². The molecule has 1 saturated carbocycles. The average Bonchev–Trinajstić information content (AvgIpc) is 3.24. The highest BCUT2D eigenvalue weighted by molar-refractivity contribution is 7.90.